The van der Waals surface area contributed by atoms with E-state index in [0.29, 0.717) is 5.78 Å². The molecule has 60 valence electrons. The molecule has 0 aromatic heterocycles. The molecule has 2 heterocycles. The minimum absolute atomic E-state index is 0.318. The highest BCUT2D eigenvalue weighted by Crippen LogP contribution is 2.23. The molecule has 1 saturated heterocycles. The van der Waals surface area contributed by atoms with E-state index in [1.165, 1.54) is 25.1 Å². The molecule has 11 heavy (non-hydrogen) atoms. The number of hydrogen-bond donors (Lipinski definition) is 0. The van der Waals surface area contributed by atoms with Gasteiger partial charge in [-0.3, -0.25) is 4.79 Å². The van der Waals surface area contributed by atoms with E-state index in [9.17, 15) is 4.79 Å². The molecule has 0 aromatic rings. The van der Waals surface area contributed by atoms with Crippen LogP contribution in [0.25, 0.3) is 0 Å². The number of piperidine rings is 1. The largest absolute Gasteiger partial charge is 0.374 e. The molecule has 0 atom stereocenters. The van der Waals surface area contributed by atoms with Gasteiger partial charge in [-0.1, -0.05) is 0 Å². The number of fused-ring (bicyclic) bond motifs is 1. The van der Waals surface area contributed by atoms with E-state index in [-0.39, 0.29) is 0 Å². The molecule has 2 heteroatoms. The second kappa shape index (κ2) is 2.68. The standard InChI is InChI=1S/C9H13NO/c11-9-4-6-10-5-2-1-3-8(10)7-9/h7H,1-6H2. The zero-order chi connectivity index (χ0) is 7.68. The van der Waals surface area contributed by atoms with Crippen molar-refractivity contribution in [2.45, 2.75) is 25.7 Å². The van der Waals surface area contributed by atoms with Crippen LogP contribution in [0.4, 0.5) is 0 Å². The average Bonchev–Trinajstić information content (AvgIpc) is 2.04. The normalized spacial score (nSPS) is 24.5. The van der Waals surface area contributed by atoms with Crippen LogP contribution in [-0.2, 0) is 4.79 Å². The van der Waals surface area contributed by atoms with E-state index < -0.39 is 0 Å². The monoisotopic (exact) mass is 151 g/mol. The van der Waals surface area contributed by atoms with Gasteiger partial charge in [-0.25, -0.2) is 0 Å². The highest BCUT2D eigenvalue weighted by molar-refractivity contribution is 5.91. The molecule has 0 N–H and O–H groups in total. The first-order valence-electron chi connectivity index (χ1n) is 4.34. The minimum atomic E-state index is 0.318. The third-order valence-electron chi connectivity index (χ3n) is 2.47. The van der Waals surface area contributed by atoms with Crippen molar-refractivity contribution in [3.63, 3.8) is 0 Å². The van der Waals surface area contributed by atoms with Crippen molar-refractivity contribution in [1.29, 1.82) is 0 Å². The molecule has 0 spiro atoms. The predicted octanol–water partition coefficient (Wildman–Crippen LogP) is 1.33. The molecule has 0 amide bonds. The first-order valence-corrected chi connectivity index (χ1v) is 4.34. The number of allylic oxidation sites excluding steroid dienone is 2. The molecular formula is C9H13NO. The minimum Gasteiger partial charge on any atom is -0.374 e. The molecule has 0 saturated carbocycles. The van der Waals surface area contributed by atoms with Crippen LogP contribution in [0.1, 0.15) is 25.7 Å². The highest BCUT2D eigenvalue weighted by Gasteiger charge is 2.19. The number of carbonyl (C=O) groups excluding carboxylic acids is 1. The van der Waals surface area contributed by atoms with Crippen molar-refractivity contribution in [3.8, 4) is 0 Å². The van der Waals surface area contributed by atoms with Gasteiger partial charge in [0.1, 0.15) is 0 Å². The summed E-state index contributed by atoms with van der Waals surface area (Å²) in [6, 6.07) is 0. The number of ketones is 1. The Kier molecular flexibility index (Phi) is 1.68. The van der Waals surface area contributed by atoms with Gasteiger partial charge in [0, 0.05) is 31.3 Å². The average molecular weight is 151 g/mol. The fourth-order valence-electron chi connectivity index (χ4n) is 1.83. The Balaban J connectivity index is 2.16. The van der Waals surface area contributed by atoms with Gasteiger partial charge in [-0.05, 0) is 19.3 Å². The highest BCUT2D eigenvalue weighted by atomic mass is 16.1. The van der Waals surface area contributed by atoms with Crippen LogP contribution >= 0.6 is 0 Å². The molecule has 2 nitrogen and oxygen atoms in total. The number of carbonyl (C=O) groups is 1. The zero-order valence-electron chi connectivity index (χ0n) is 6.68. The van der Waals surface area contributed by atoms with E-state index in [0.717, 1.165) is 19.4 Å². The maximum absolute atomic E-state index is 11.0. The van der Waals surface area contributed by atoms with Gasteiger partial charge in [0.2, 0.25) is 0 Å². The molecule has 0 aliphatic carbocycles. The summed E-state index contributed by atoms with van der Waals surface area (Å²) in [5.74, 6) is 0.318. The van der Waals surface area contributed by atoms with Gasteiger partial charge in [-0.15, -0.1) is 0 Å². The van der Waals surface area contributed by atoms with Crippen LogP contribution in [0, 0.1) is 0 Å². The van der Waals surface area contributed by atoms with Crippen LogP contribution in [0.3, 0.4) is 0 Å². The lowest BCUT2D eigenvalue weighted by Gasteiger charge is -2.33. The van der Waals surface area contributed by atoms with Gasteiger partial charge in [0.15, 0.2) is 5.78 Å². The third-order valence-corrected chi connectivity index (χ3v) is 2.47. The molecule has 0 bridgehead atoms. The molecule has 2 rings (SSSR count). The summed E-state index contributed by atoms with van der Waals surface area (Å²) >= 11 is 0. The van der Waals surface area contributed by atoms with Gasteiger partial charge >= 0.3 is 0 Å². The lowest BCUT2D eigenvalue weighted by Crippen LogP contribution is -2.33. The third kappa shape index (κ3) is 1.30. The number of rotatable bonds is 0. The van der Waals surface area contributed by atoms with E-state index in [1.807, 2.05) is 6.08 Å². The summed E-state index contributed by atoms with van der Waals surface area (Å²) in [4.78, 5) is 13.4. The van der Waals surface area contributed by atoms with E-state index in [1.54, 1.807) is 0 Å². The van der Waals surface area contributed by atoms with Crippen molar-refractivity contribution >= 4 is 5.78 Å². The number of hydrogen-bond acceptors (Lipinski definition) is 2. The summed E-state index contributed by atoms with van der Waals surface area (Å²) in [6.45, 7) is 2.13. The van der Waals surface area contributed by atoms with Crippen molar-refractivity contribution in [2.75, 3.05) is 13.1 Å². The van der Waals surface area contributed by atoms with E-state index in [2.05, 4.69) is 4.90 Å². The molecular weight excluding hydrogens is 138 g/mol. The zero-order valence-corrected chi connectivity index (χ0v) is 6.68. The predicted molar refractivity (Wildman–Crippen MR) is 43.1 cm³/mol. The topological polar surface area (TPSA) is 20.3 Å². The second-order valence-corrected chi connectivity index (χ2v) is 3.30. The Labute approximate surface area is 66.9 Å². The van der Waals surface area contributed by atoms with Crippen LogP contribution < -0.4 is 0 Å². The Morgan fingerprint density at radius 2 is 2.09 bits per heavy atom. The molecule has 0 radical (unpaired) electrons. The van der Waals surface area contributed by atoms with Crippen LogP contribution in [0.5, 0.6) is 0 Å². The van der Waals surface area contributed by atoms with Crippen molar-refractivity contribution < 1.29 is 4.79 Å². The second-order valence-electron chi connectivity index (χ2n) is 3.30. The van der Waals surface area contributed by atoms with Crippen molar-refractivity contribution in [1.82, 2.24) is 4.90 Å². The van der Waals surface area contributed by atoms with Crippen LogP contribution in [-0.4, -0.2) is 23.8 Å². The SMILES string of the molecule is O=C1C=C2CCCCN2CC1. The summed E-state index contributed by atoms with van der Waals surface area (Å²) in [7, 11) is 0. The van der Waals surface area contributed by atoms with E-state index in [4.69, 9.17) is 0 Å². The lowest BCUT2D eigenvalue weighted by atomic mass is 10.0. The summed E-state index contributed by atoms with van der Waals surface area (Å²) in [5, 5.41) is 0. The number of nitrogens with zero attached hydrogens (tertiary/aromatic N) is 1. The Morgan fingerprint density at radius 3 is 3.00 bits per heavy atom. The fraction of sp³-hybridized carbons (Fsp3) is 0.667. The summed E-state index contributed by atoms with van der Waals surface area (Å²) in [5.41, 5.74) is 1.28. The molecule has 0 unspecified atom stereocenters. The summed E-state index contributed by atoms with van der Waals surface area (Å²) in [6.07, 6.45) is 6.24. The maximum Gasteiger partial charge on any atom is 0.159 e. The van der Waals surface area contributed by atoms with Crippen molar-refractivity contribution in [3.05, 3.63) is 11.8 Å². The Bertz CT molecular complexity index is 208. The van der Waals surface area contributed by atoms with Gasteiger partial charge in [-0.2, -0.15) is 0 Å². The smallest absolute Gasteiger partial charge is 0.159 e. The van der Waals surface area contributed by atoms with E-state index >= 15 is 0 Å². The molecule has 2 aliphatic rings. The summed E-state index contributed by atoms with van der Waals surface area (Å²) < 4.78 is 0. The van der Waals surface area contributed by atoms with Crippen LogP contribution in [0.15, 0.2) is 11.8 Å². The Morgan fingerprint density at radius 1 is 1.18 bits per heavy atom. The molecule has 1 fully saturated rings. The Hall–Kier alpha value is -0.790. The molecule has 2 aliphatic heterocycles. The lowest BCUT2D eigenvalue weighted by molar-refractivity contribution is -0.115. The first kappa shape index (κ1) is 6.89. The van der Waals surface area contributed by atoms with Gasteiger partial charge < -0.3 is 4.90 Å². The molecule has 0 aromatic carbocycles. The van der Waals surface area contributed by atoms with Crippen LogP contribution in [0.2, 0.25) is 0 Å². The quantitative estimate of drug-likeness (QED) is 0.520. The van der Waals surface area contributed by atoms with Crippen molar-refractivity contribution in [2.24, 2.45) is 0 Å². The maximum atomic E-state index is 11.0. The fourth-order valence-corrected chi connectivity index (χ4v) is 1.83. The van der Waals surface area contributed by atoms with Gasteiger partial charge in [0.05, 0.1) is 0 Å². The van der Waals surface area contributed by atoms with Gasteiger partial charge in [0.25, 0.3) is 0 Å². The first-order chi connectivity index (χ1) is 5.36.